The number of hydrogen-bond acceptors (Lipinski definition) is 6. The highest BCUT2D eigenvalue weighted by molar-refractivity contribution is 5.83. The quantitative estimate of drug-likeness (QED) is 0.642. The van der Waals surface area contributed by atoms with Crippen LogP contribution in [-0.4, -0.2) is 57.0 Å². The summed E-state index contributed by atoms with van der Waals surface area (Å²) in [4.78, 5) is 18.8. The lowest BCUT2D eigenvalue weighted by atomic mass is 9.89. The van der Waals surface area contributed by atoms with Crippen molar-refractivity contribution < 1.29 is 14.1 Å². The summed E-state index contributed by atoms with van der Waals surface area (Å²) in [5.74, 6) is 1.50. The Kier molecular flexibility index (Phi) is 4.61. The van der Waals surface area contributed by atoms with Gasteiger partial charge >= 0.3 is 0 Å². The summed E-state index contributed by atoms with van der Waals surface area (Å²) >= 11 is 0. The fraction of sp³-hybridized carbons (Fsp3) is 0.545. The summed E-state index contributed by atoms with van der Waals surface area (Å²) < 4.78 is 12.8. The smallest absolute Gasteiger partial charge is 0.233 e. The molecule has 2 aliphatic heterocycles. The lowest BCUT2D eigenvalue weighted by Gasteiger charge is -2.37. The molecule has 8 nitrogen and oxygen atoms in total. The Balaban J connectivity index is 1.26. The zero-order valence-corrected chi connectivity index (χ0v) is 17.7. The van der Waals surface area contributed by atoms with Crippen molar-refractivity contribution in [2.45, 2.75) is 45.6 Å². The average Bonchev–Trinajstić information content (AvgIpc) is 3.24. The second kappa shape index (κ2) is 7.19. The van der Waals surface area contributed by atoms with Gasteiger partial charge in [0.1, 0.15) is 0 Å². The number of carbonyl (C=O) groups excluding carboxylic acids is 1. The van der Waals surface area contributed by atoms with E-state index in [2.05, 4.69) is 42.1 Å². The fourth-order valence-electron chi connectivity index (χ4n) is 3.83. The van der Waals surface area contributed by atoms with Crippen LogP contribution in [0.2, 0.25) is 0 Å². The molecule has 0 radical (unpaired) electrons. The summed E-state index contributed by atoms with van der Waals surface area (Å²) in [7, 11) is 0. The largest absolute Gasteiger partial charge is 0.377 e. The van der Waals surface area contributed by atoms with Gasteiger partial charge in [-0.2, -0.15) is 10.1 Å². The van der Waals surface area contributed by atoms with E-state index in [0.29, 0.717) is 44.4 Å². The maximum atomic E-state index is 12.3. The van der Waals surface area contributed by atoms with Crippen molar-refractivity contribution in [2.75, 3.05) is 26.3 Å². The molecule has 158 valence electrons. The predicted octanol–water partition coefficient (Wildman–Crippen LogP) is 3.41. The molecule has 1 amide bonds. The van der Waals surface area contributed by atoms with E-state index in [1.54, 1.807) is 0 Å². The minimum Gasteiger partial charge on any atom is -0.377 e. The van der Waals surface area contributed by atoms with Crippen molar-refractivity contribution in [1.82, 2.24) is 24.8 Å². The first-order valence-corrected chi connectivity index (χ1v) is 10.5. The van der Waals surface area contributed by atoms with Gasteiger partial charge in [-0.15, -0.1) is 0 Å². The minimum atomic E-state index is 0.117. The zero-order chi connectivity index (χ0) is 20.9. The first kappa shape index (κ1) is 19.2. The molecule has 5 rings (SSSR count). The molecule has 8 heteroatoms. The van der Waals surface area contributed by atoms with Gasteiger partial charge in [-0.25, -0.2) is 0 Å². The van der Waals surface area contributed by atoms with Gasteiger partial charge in [-0.1, -0.05) is 38.1 Å². The van der Waals surface area contributed by atoms with Crippen LogP contribution in [0.5, 0.6) is 0 Å². The minimum absolute atomic E-state index is 0.117. The van der Waals surface area contributed by atoms with Crippen molar-refractivity contribution in [1.29, 1.82) is 0 Å². The van der Waals surface area contributed by atoms with Crippen LogP contribution < -0.4 is 0 Å². The number of ether oxygens (including phenoxy) is 1. The highest BCUT2D eigenvalue weighted by Crippen LogP contribution is 2.31. The van der Waals surface area contributed by atoms with Crippen LogP contribution >= 0.6 is 0 Å². The van der Waals surface area contributed by atoms with Gasteiger partial charge in [-0.3, -0.25) is 9.48 Å². The first-order valence-electron chi connectivity index (χ1n) is 10.5. The van der Waals surface area contributed by atoms with Crippen molar-refractivity contribution in [3.8, 4) is 11.4 Å². The van der Waals surface area contributed by atoms with E-state index in [9.17, 15) is 4.79 Å². The van der Waals surface area contributed by atoms with E-state index >= 15 is 0 Å². The third kappa shape index (κ3) is 3.60. The van der Waals surface area contributed by atoms with E-state index in [-0.39, 0.29) is 23.3 Å². The molecule has 0 spiro atoms. The molecule has 4 heterocycles. The summed E-state index contributed by atoms with van der Waals surface area (Å²) in [5, 5.41) is 9.76. The van der Waals surface area contributed by atoms with Crippen LogP contribution in [0, 0.1) is 5.41 Å². The van der Waals surface area contributed by atoms with E-state index < -0.39 is 0 Å². The van der Waals surface area contributed by atoms with Crippen molar-refractivity contribution >= 4 is 16.8 Å². The summed E-state index contributed by atoms with van der Waals surface area (Å²) in [6, 6.07) is 6.36. The summed E-state index contributed by atoms with van der Waals surface area (Å²) in [5.41, 5.74) is 2.12. The zero-order valence-electron chi connectivity index (χ0n) is 17.7. The summed E-state index contributed by atoms with van der Waals surface area (Å²) in [6.07, 6.45) is 3.35. The maximum Gasteiger partial charge on any atom is 0.233 e. The molecule has 2 saturated heterocycles. The number of nitrogens with zero attached hydrogens (tertiary/aromatic N) is 5. The van der Waals surface area contributed by atoms with Crippen molar-refractivity contribution in [3.63, 3.8) is 0 Å². The Morgan fingerprint density at radius 3 is 2.73 bits per heavy atom. The molecule has 1 aromatic carbocycles. The topological polar surface area (TPSA) is 86.3 Å². The normalized spacial score (nSPS) is 17.9. The SMILES string of the molecule is CC(C)(C)CCC(=O)N1CC(c2nc(-c3ccc4cnn(C5COC5)c4c3)no2)C1. The van der Waals surface area contributed by atoms with Gasteiger partial charge < -0.3 is 14.2 Å². The number of carbonyl (C=O) groups is 1. The molecule has 0 bridgehead atoms. The maximum absolute atomic E-state index is 12.3. The van der Waals surface area contributed by atoms with Gasteiger partial charge in [0.15, 0.2) is 0 Å². The standard InChI is InChI=1S/C22H27N5O3/c1-22(2,3)7-6-19(28)26-10-16(11-26)21-24-20(25-30-21)14-4-5-15-9-23-27(18(15)8-14)17-12-29-13-17/h4-5,8-9,16-17H,6-7,10-13H2,1-3H3. The Hall–Kier alpha value is -2.74. The number of hydrogen-bond donors (Lipinski definition) is 0. The molecule has 0 N–H and O–H groups in total. The molecule has 0 unspecified atom stereocenters. The Bertz CT molecular complexity index is 1070. The van der Waals surface area contributed by atoms with Gasteiger partial charge in [0.25, 0.3) is 0 Å². The van der Waals surface area contributed by atoms with E-state index in [4.69, 9.17) is 9.26 Å². The molecule has 30 heavy (non-hydrogen) atoms. The lowest BCUT2D eigenvalue weighted by Crippen LogP contribution is -2.48. The van der Waals surface area contributed by atoms with E-state index in [1.807, 2.05) is 27.9 Å². The lowest BCUT2D eigenvalue weighted by molar-refractivity contribution is -0.136. The third-order valence-electron chi connectivity index (χ3n) is 5.94. The van der Waals surface area contributed by atoms with Crippen LogP contribution in [0.15, 0.2) is 28.9 Å². The Morgan fingerprint density at radius 1 is 1.23 bits per heavy atom. The number of amides is 1. The molecular weight excluding hydrogens is 382 g/mol. The first-order chi connectivity index (χ1) is 14.4. The molecule has 2 aliphatic rings. The van der Waals surface area contributed by atoms with E-state index in [1.165, 1.54) is 0 Å². The highest BCUT2D eigenvalue weighted by atomic mass is 16.5. The Morgan fingerprint density at radius 2 is 2.03 bits per heavy atom. The van der Waals surface area contributed by atoms with Gasteiger partial charge in [-0.05, 0) is 17.9 Å². The van der Waals surface area contributed by atoms with Crippen LogP contribution in [-0.2, 0) is 9.53 Å². The molecule has 0 atom stereocenters. The third-order valence-corrected chi connectivity index (χ3v) is 5.94. The van der Waals surface area contributed by atoms with Crippen LogP contribution in [0.1, 0.15) is 51.5 Å². The highest BCUT2D eigenvalue weighted by Gasteiger charge is 2.35. The number of rotatable bonds is 5. The number of fused-ring (bicyclic) bond motifs is 1. The number of likely N-dealkylation sites (tertiary alicyclic amines) is 1. The van der Waals surface area contributed by atoms with Crippen molar-refractivity contribution in [3.05, 3.63) is 30.3 Å². The molecule has 3 aromatic rings. The van der Waals surface area contributed by atoms with Gasteiger partial charge in [0.05, 0.1) is 36.9 Å². The van der Waals surface area contributed by atoms with Crippen LogP contribution in [0.25, 0.3) is 22.3 Å². The second-order valence-electron chi connectivity index (χ2n) is 9.57. The summed E-state index contributed by atoms with van der Waals surface area (Å²) in [6.45, 7) is 9.16. The molecule has 0 saturated carbocycles. The van der Waals surface area contributed by atoms with Gasteiger partial charge in [0.2, 0.25) is 17.6 Å². The van der Waals surface area contributed by atoms with Gasteiger partial charge in [0, 0.05) is 30.5 Å². The monoisotopic (exact) mass is 409 g/mol. The predicted molar refractivity (Wildman–Crippen MR) is 111 cm³/mol. The molecular formula is C22H27N5O3. The Labute approximate surface area is 175 Å². The molecule has 2 aromatic heterocycles. The van der Waals surface area contributed by atoms with Crippen molar-refractivity contribution in [2.24, 2.45) is 5.41 Å². The number of aromatic nitrogens is 4. The fourth-order valence-corrected chi connectivity index (χ4v) is 3.83. The second-order valence-corrected chi connectivity index (χ2v) is 9.57. The number of benzene rings is 1. The van der Waals surface area contributed by atoms with Crippen LogP contribution in [0.4, 0.5) is 0 Å². The molecule has 2 fully saturated rings. The van der Waals surface area contributed by atoms with Crippen LogP contribution in [0.3, 0.4) is 0 Å². The van der Waals surface area contributed by atoms with E-state index in [0.717, 1.165) is 22.9 Å². The molecule has 0 aliphatic carbocycles. The average molecular weight is 409 g/mol.